The number of rotatable bonds is 5. The van der Waals surface area contributed by atoms with E-state index in [0.717, 1.165) is 24.0 Å². The summed E-state index contributed by atoms with van der Waals surface area (Å²) in [5.41, 5.74) is 1.99. The summed E-state index contributed by atoms with van der Waals surface area (Å²) in [6, 6.07) is 14.6. The number of aromatic nitrogens is 2. The van der Waals surface area contributed by atoms with E-state index in [0.29, 0.717) is 29.5 Å². The lowest BCUT2D eigenvalue weighted by Gasteiger charge is -2.23. The van der Waals surface area contributed by atoms with Crippen molar-refractivity contribution in [2.45, 2.75) is 12.8 Å². The molecule has 0 radical (unpaired) electrons. The van der Waals surface area contributed by atoms with Crippen LogP contribution < -0.4 is 19.9 Å². The molecule has 2 heterocycles. The predicted octanol–water partition coefficient (Wildman–Crippen LogP) is 2.63. The van der Waals surface area contributed by atoms with Crippen molar-refractivity contribution in [3.63, 3.8) is 0 Å². The number of amides is 2. The zero-order valence-corrected chi connectivity index (χ0v) is 17.7. The molecule has 1 aromatic heterocycles. The average molecular weight is 419 g/mol. The van der Waals surface area contributed by atoms with E-state index in [-0.39, 0.29) is 24.8 Å². The van der Waals surface area contributed by atoms with Gasteiger partial charge in [-0.2, -0.15) is 0 Å². The molecular weight excluding hydrogens is 394 g/mol. The summed E-state index contributed by atoms with van der Waals surface area (Å²) in [5, 5.41) is 2.81. The summed E-state index contributed by atoms with van der Waals surface area (Å²) in [6.07, 6.45) is 0.975. The minimum atomic E-state index is -0.271. The number of anilines is 2. The van der Waals surface area contributed by atoms with Crippen molar-refractivity contribution in [2.24, 2.45) is 0 Å². The normalized spacial score (nSPS) is 13.5. The zero-order valence-electron chi connectivity index (χ0n) is 17.7. The van der Waals surface area contributed by atoms with Gasteiger partial charge in [-0.3, -0.25) is 14.5 Å². The van der Waals surface area contributed by atoms with Crippen molar-refractivity contribution in [1.29, 1.82) is 0 Å². The lowest BCUT2D eigenvalue weighted by Crippen LogP contribution is -2.35. The molecule has 1 aliphatic heterocycles. The van der Waals surface area contributed by atoms with Crippen molar-refractivity contribution in [2.75, 3.05) is 43.6 Å². The maximum Gasteiger partial charge on any atom is 0.255 e. The minimum absolute atomic E-state index is 0.0959. The van der Waals surface area contributed by atoms with Crippen LogP contribution in [-0.4, -0.2) is 55.6 Å². The van der Waals surface area contributed by atoms with E-state index in [1.807, 2.05) is 36.2 Å². The molecule has 1 aliphatic rings. The highest BCUT2D eigenvalue weighted by Gasteiger charge is 2.26. The second-order valence-corrected chi connectivity index (χ2v) is 7.39. The van der Waals surface area contributed by atoms with Crippen LogP contribution in [0.15, 0.2) is 48.5 Å². The number of ether oxygens (including phenoxy) is 1. The van der Waals surface area contributed by atoms with E-state index in [1.54, 1.807) is 29.2 Å². The quantitative estimate of drug-likeness (QED) is 0.684. The first-order chi connectivity index (χ1) is 15.1. The molecule has 8 heteroatoms. The van der Waals surface area contributed by atoms with Crippen molar-refractivity contribution < 1.29 is 14.3 Å². The molecule has 0 saturated heterocycles. The van der Waals surface area contributed by atoms with Crippen LogP contribution in [0.1, 0.15) is 23.2 Å². The summed E-state index contributed by atoms with van der Waals surface area (Å²) in [4.78, 5) is 38.7. The zero-order chi connectivity index (χ0) is 21.8. The van der Waals surface area contributed by atoms with Gasteiger partial charge in [0.2, 0.25) is 5.91 Å². The van der Waals surface area contributed by atoms with Gasteiger partial charge < -0.3 is 15.0 Å². The number of benzene rings is 2. The highest BCUT2D eigenvalue weighted by atomic mass is 16.5. The predicted molar refractivity (Wildman–Crippen MR) is 120 cm³/mol. The van der Waals surface area contributed by atoms with Crippen molar-refractivity contribution in [1.82, 2.24) is 15.3 Å². The number of carbonyl (C=O) groups is 2. The van der Waals surface area contributed by atoms with Gasteiger partial charge in [0.15, 0.2) is 11.6 Å². The fourth-order valence-electron chi connectivity index (χ4n) is 3.68. The van der Waals surface area contributed by atoms with Crippen LogP contribution >= 0.6 is 0 Å². The van der Waals surface area contributed by atoms with E-state index >= 15 is 0 Å². The third kappa shape index (κ3) is 4.28. The molecule has 0 unspecified atom stereocenters. The maximum atomic E-state index is 13.1. The Kier molecular flexibility index (Phi) is 5.97. The van der Waals surface area contributed by atoms with E-state index < -0.39 is 0 Å². The lowest BCUT2D eigenvalue weighted by molar-refractivity contribution is -0.118. The molecule has 0 bridgehead atoms. The summed E-state index contributed by atoms with van der Waals surface area (Å²) >= 11 is 0. The Bertz CT molecular complexity index is 1120. The number of nitrogens with zero attached hydrogens (tertiary/aromatic N) is 4. The number of carbonyl (C=O) groups excluding carboxylic acids is 2. The molecule has 31 heavy (non-hydrogen) atoms. The average Bonchev–Trinajstić information content (AvgIpc) is 2.96. The van der Waals surface area contributed by atoms with Crippen molar-refractivity contribution in [3.8, 4) is 5.75 Å². The third-order valence-electron chi connectivity index (χ3n) is 5.30. The van der Waals surface area contributed by atoms with Gasteiger partial charge >= 0.3 is 0 Å². The molecule has 1 N–H and O–H groups in total. The van der Waals surface area contributed by atoms with Crippen LogP contribution in [0.2, 0.25) is 0 Å². The Morgan fingerprint density at radius 2 is 1.68 bits per heavy atom. The van der Waals surface area contributed by atoms with Gasteiger partial charge in [0, 0.05) is 33.1 Å². The summed E-state index contributed by atoms with van der Waals surface area (Å²) in [5.74, 6) is 1.40. The Morgan fingerprint density at radius 1 is 1.00 bits per heavy atom. The van der Waals surface area contributed by atoms with Crippen molar-refractivity contribution >= 4 is 34.5 Å². The van der Waals surface area contributed by atoms with Gasteiger partial charge in [-0.1, -0.05) is 24.3 Å². The molecule has 4 rings (SSSR count). The SMILES string of the molecule is COc1ccccc1C(=O)NCCC(=O)N1CCCN(C)c2nc3ccccc3nc21. The molecule has 0 fully saturated rings. The van der Waals surface area contributed by atoms with Crippen LogP contribution in [0.3, 0.4) is 0 Å². The molecule has 8 nitrogen and oxygen atoms in total. The van der Waals surface area contributed by atoms with Crippen molar-refractivity contribution in [3.05, 3.63) is 54.1 Å². The van der Waals surface area contributed by atoms with Gasteiger partial charge in [-0.25, -0.2) is 9.97 Å². The minimum Gasteiger partial charge on any atom is -0.496 e. The highest BCUT2D eigenvalue weighted by Crippen LogP contribution is 2.30. The number of nitrogens with one attached hydrogen (secondary N) is 1. The highest BCUT2D eigenvalue weighted by molar-refractivity contribution is 5.99. The lowest BCUT2D eigenvalue weighted by atomic mass is 10.2. The molecule has 160 valence electrons. The van der Waals surface area contributed by atoms with Crippen LogP contribution in [0.4, 0.5) is 11.6 Å². The molecule has 0 atom stereocenters. The first kappa shape index (κ1) is 20.6. The van der Waals surface area contributed by atoms with E-state index in [9.17, 15) is 9.59 Å². The maximum absolute atomic E-state index is 13.1. The molecule has 3 aromatic rings. The molecule has 2 amide bonds. The van der Waals surface area contributed by atoms with Crippen LogP contribution in [0.25, 0.3) is 11.0 Å². The first-order valence-corrected chi connectivity index (χ1v) is 10.3. The summed E-state index contributed by atoms with van der Waals surface area (Å²) < 4.78 is 5.23. The van der Waals surface area contributed by atoms with Crippen LogP contribution in [0.5, 0.6) is 5.75 Å². The monoisotopic (exact) mass is 419 g/mol. The Morgan fingerprint density at radius 3 is 2.42 bits per heavy atom. The van der Waals surface area contributed by atoms with E-state index in [1.165, 1.54) is 7.11 Å². The molecule has 0 saturated carbocycles. The first-order valence-electron chi connectivity index (χ1n) is 10.3. The molecule has 0 spiro atoms. The van der Waals surface area contributed by atoms with Gasteiger partial charge in [-0.05, 0) is 30.7 Å². The number of hydrogen-bond acceptors (Lipinski definition) is 6. The van der Waals surface area contributed by atoms with Gasteiger partial charge in [-0.15, -0.1) is 0 Å². The molecule has 0 aliphatic carbocycles. The largest absolute Gasteiger partial charge is 0.496 e. The Hall–Kier alpha value is -3.68. The van der Waals surface area contributed by atoms with Gasteiger partial charge in [0.05, 0.1) is 23.7 Å². The number of hydrogen-bond donors (Lipinski definition) is 1. The van der Waals surface area contributed by atoms with E-state index in [4.69, 9.17) is 14.7 Å². The smallest absolute Gasteiger partial charge is 0.255 e. The van der Waals surface area contributed by atoms with Gasteiger partial charge in [0.25, 0.3) is 5.91 Å². The van der Waals surface area contributed by atoms with Crippen LogP contribution in [0, 0.1) is 0 Å². The third-order valence-corrected chi connectivity index (χ3v) is 5.30. The summed E-state index contributed by atoms with van der Waals surface area (Å²) in [6.45, 7) is 1.57. The Labute approximate surface area is 180 Å². The number of para-hydroxylation sites is 3. The fraction of sp³-hybridized carbons (Fsp3) is 0.304. The van der Waals surface area contributed by atoms with Gasteiger partial charge in [0.1, 0.15) is 5.75 Å². The van der Waals surface area contributed by atoms with Crippen LogP contribution in [-0.2, 0) is 4.79 Å². The molecular formula is C23H25N5O3. The number of methoxy groups -OCH3 is 1. The van der Waals surface area contributed by atoms with E-state index in [2.05, 4.69) is 5.32 Å². The summed E-state index contributed by atoms with van der Waals surface area (Å²) in [7, 11) is 3.48. The second kappa shape index (κ2) is 8.99. The molecule has 2 aromatic carbocycles. The second-order valence-electron chi connectivity index (χ2n) is 7.39. The topological polar surface area (TPSA) is 87.7 Å². The standard InChI is InChI=1S/C23H25N5O3/c1-27-14-7-15-28(22-21(27)25-17-9-4-5-10-18(17)26-22)20(29)12-13-24-23(30)16-8-3-6-11-19(16)31-2/h3-6,8-11H,7,12-15H2,1-2H3,(H,24,30). The number of fused-ring (bicyclic) bond motifs is 2. The fourth-order valence-corrected chi connectivity index (χ4v) is 3.68. The Balaban J connectivity index is 1.49.